The Balaban J connectivity index is 1.61. The fourth-order valence-electron chi connectivity index (χ4n) is 3.23. The van der Waals surface area contributed by atoms with Crippen molar-refractivity contribution < 1.29 is 19.1 Å². The van der Waals surface area contributed by atoms with Crippen LogP contribution in [0.15, 0.2) is 90.0 Å². The van der Waals surface area contributed by atoms with Gasteiger partial charge < -0.3 is 9.47 Å². The van der Waals surface area contributed by atoms with E-state index >= 15 is 0 Å². The molecule has 6 nitrogen and oxygen atoms in total. The number of hydrogen-bond donors (Lipinski definition) is 1. The van der Waals surface area contributed by atoms with Gasteiger partial charge in [0.1, 0.15) is 11.5 Å². The van der Waals surface area contributed by atoms with E-state index < -0.39 is 11.9 Å². The second-order valence-corrected chi connectivity index (χ2v) is 7.46. The number of carbonyl (C=O) groups excluding carboxylic acids is 2. The molecule has 4 aromatic carbocycles. The second kappa shape index (κ2) is 9.97. The van der Waals surface area contributed by atoms with Crippen molar-refractivity contribution >= 4 is 40.5 Å². The number of nitrogens with one attached hydrogen (secondary N) is 1. The van der Waals surface area contributed by atoms with E-state index in [4.69, 9.17) is 21.1 Å². The van der Waals surface area contributed by atoms with Crippen molar-refractivity contribution in [1.82, 2.24) is 5.43 Å². The summed E-state index contributed by atoms with van der Waals surface area (Å²) < 4.78 is 10.8. The molecule has 33 heavy (non-hydrogen) atoms. The maximum atomic E-state index is 12.6. The van der Waals surface area contributed by atoms with Crippen molar-refractivity contribution in [2.24, 2.45) is 5.10 Å². The number of hydrazone groups is 1. The Labute approximate surface area is 195 Å². The van der Waals surface area contributed by atoms with E-state index in [-0.39, 0.29) is 0 Å². The van der Waals surface area contributed by atoms with Crippen LogP contribution in [0.1, 0.15) is 26.3 Å². The molecule has 0 aromatic heterocycles. The summed E-state index contributed by atoms with van der Waals surface area (Å²) in [7, 11) is 1.53. The highest BCUT2D eigenvalue weighted by Gasteiger charge is 2.14. The molecule has 4 aromatic rings. The van der Waals surface area contributed by atoms with Gasteiger partial charge >= 0.3 is 5.97 Å². The van der Waals surface area contributed by atoms with Gasteiger partial charge in [0.05, 0.1) is 18.9 Å². The molecular weight excluding hydrogens is 440 g/mol. The zero-order valence-corrected chi connectivity index (χ0v) is 18.4. The number of halogens is 1. The Bertz CT molecular complexity index is 1350. The first kappa shape index (κ1) is 22.0. The third-order valence-electron chi connectivity index (χ3n) is 4.90. The molecule has 0 spiro atoms. The normalized spacial score (nSPS) is 10.8. The van der Waals surface area contributed by atoms with E-state index in [2.05, 4.69) is 10.5 Å². The van der Waals surface area contributed by atoms with Crippen molar-refractivity contribution in [2.45, 2.75) is 0 Å². The third-order valence-corrected chi connectivity index (χ3v) is 5.16. The largest absolute Gasteiger partial charge is 0.497 e. The molecule has 0 aliphatic heterocycles. The number of amides is 1. The molecule has 0 saturated heterocycles. The van der Waals surface area contributed by atoms with Crippen LogP contribution in [0.2, 0.25) is 5.02 Å². The lowest BCUT2D eigenvalue weighted by Crippen LogP contribution is -2.17. The van der Waals surface area contributed by atoms with Crippen LogP contribution in [-0.4, -0.2) is 25.2 Å². The first-order valence-corrected chi connectivity index (χ1v) is 10.4. The van der Waals surface area contributed by atoms with Gasteiger partial charge in [0.15, 0.2) is 0 Å². The maximum absolute atomic E-state index is 12.6. The molecule has 7 heteroatoms. The first-order valence-electron chi connectivity index (χ1n) is 10.0. The van der Waals surface area contributed by atoms with Crippen molar-refractivity contribution in [2.75, 3.05) is 7.11 Å². The topological polar surface area (TPSA) is 77.0 Å². The second-order valence-electron chi connectivity index (χ2n) is 7.03. The molecule has 1 N–H and O–H groups in total. The van der Waals surface area contributed by atoms with E-state index in [1.165, 1.54) is 13.3 Å². The molecule has 1 amide bonds. The Morgan fingerprint density at radius 2 is 1.70 bits per heavy atom. The summed E-state index contributed by atoms with van der Waals surface area (Å²) in [5, 5.41) is 6.38. The predicted molar refractivity (Wildman–Crippen MR) is 128 cm³/mol. The van der Waals surface area contributed by atoms with Gasteiger partial charge in [-0.2, -0.15) is 5.10 Å². The molecule has 0 unspecified atom stereocenters. The fourth-order valence-corrected chi connectivity index (χ4v) is 3.35. The number of nitrogens with zero attached hydrogens (tertiary/aromatic N) is 1. The molecule has 0 atom stereocenters. The van der Waals surface area contributed by atoms with E-state index in [0.717, 1.165) is 10.8 Å². The minimum absolute atomic E-state index is 0.313. The summed E-state index contributed by atoms with van der Waals surface area (Å²) in [6.45, 7) is 0. The molecule has 0 radical (unpaired) electrons. The summed E-state index contributed by atoms with van der Waals surface area (Å²) in [5.74, 6) is -0.0489. The van der Waals surface area contributed by atoms with Gasteiger partial charge in [-0.15, -0.1) is 0 Å². The Morgan fingerprint density at radius 1 is 0.909 bits per heavy atom. The fraction of sp³-hybridized carbons (Fsp3) is 0.0385. The summed E-state index contributed by atoms with van der Waals surface area (Å²) in [6.07, 6.45) is 1.46. The number of ether oxygens (including phenoxy) is 2. The van der Waals surface area contributed by atoms with Crippen LogP contribution in [0.5, 0.6) is 11.5 Å². The number of methoxy groups -OCH3 is 1. The van der Waals surface area contributed by atoms with Gasteiger partial charge in [0, 0.05) is 16.1 Å². The molecule has 0 bridgehead atoms. The molecule has 164 valence electrons. The summed E-state index contributed by atoms with van der Waals surface area (Å²) in [6, 6.07) is 24.3. The summed E-state index contributed by atoms with van der Waals surface area (Å²) in [4.78, 5) is 25.1. The molecule has 4 rings (SSSR count). The lowest BCUT2D eigenvalue weighted by molar-refractivity contribution is 0.0734. The van der Waals surface area contributed by atoms with Crippen molar-refractivity contribution in [3.8, 4) is 11.5 Å². The van der Waals surface area contributed by atoms with E-state index in [9.17, 15) is 9.59 Å². The number of hydrogen-bond acceptors (Lipinski definition) is 5. The van der Waals surface area contributed by atoms with Crippen LogP contribution in [0.4, 0.5) is 0 Å². The van der Waals surface area contributed by atoms with Gasteiger partial charge in [-0.25, -0.2) is 10.2 Å². The first-order chi connectivity index (χ1) is 16.0. The van der Waals surface area contributed by atoms with Crippen LogP contribution in [0.25, 0.3) is 10.8 Å². The zero-order chi connectivity index (χ0) is 23.2. The SMILES string of the molecule is COc1cccc(C(=O)NN=Cc2c(OC(=O)c3ccc(Cl)cc3)ccc3ccccc23)c1. The number of rotatable bonds is 6. The Morgan fingerprint density at radius 3 is 2.48 bits per heavy atom. The standard InChI is InChI=1S/C26H19ClN2O4/c1-32-21-7-4-6-19(15-21)25(30)29-28-16-23-22-8-3-2-5-17(22)11-14-24(23)33-26(31)18-9-12-20(27)13-10-18/h2-16H,1H3,(H,29,30). The van der Waals surface area contributed by atoms with Crippen molar-refractivity contribution in [3.63, 3.8) is 0 Å². The lowest BCUT2D eigenvalue weighted by Gasteiger charge is -2.11. The average Bonchev–Trinajstić information content (AvgIpc) is 2.85. The number of benzene rings is 4. The average molecular weight is 459 g/mol. The minimum atomic E-state index is -0.531. The summed E-state index contributed by atoms with van der Waals surface area (Å²) >= 11 is 5.90. The molecule has 0 heterocycles. The highest BCUT2D eigenvalue weighted by molar-refractivity contribution is 6.30. The Hall–Kier alpha value is -4.16. The maximum Gasteiger partial charge on any atom is 0.343 e. The van der Waals surface area contributed by atoms with Crippen LogP contribution >= 0.6 is 11.6 Å². The highest BCUT2D eigenvalue weighted by Crippen LogP contribution is 2.27. The van der Waals surface area contributed by atoms with Crippen LogP contribution < -0.4 is 14.9 Å². The zero-order valence-electron chi connectivity index (χ0n) is 17.6. The van der Waals surface area contributed by atoms with Crippen LogP contribution in [0.3, 0.4) is 0 Å². The highest BCUT2D eigenvalue weighted by atomic mass is 35.5. The van der Waals surface area contributed by atoms with Crippen LogP contribution in [-0.2, 0) is 0 Å². The third kappa shape index (κ3) is 5.19. The van der Waals surface area contributed by atoms with Gasteiger partial charge in [0.25, 0.3) is 5.91 Å². The van der Waals surface area contributed by atoms with E-state index in [1.54, 1.807) is 54.6 Å². The van der Waals surface area contributed by atoms with Crippen molar-refractivity contribution in [3.05, 3.63) is 107 Å². The smallest absolute Gasteiger partial charge is 0.343 e. The molecule has 0 aliphatic carbocycles. The van der Waals surface area contributed by atoms with E-state index in [1.807, 2.05) is 30.3 Å². The summed E-state index contributed by atoms with van der Waals surface area (Å²) in [5.41, 5.74) is 3.82. The van der Waals surface area contributed by atoms with E-state index in [0.29, 0.717) is 33.2 Å². The van der Waals surface area contributed by atoms with Gasteiger partial charge in [-0.3, -0.25) is 4.79 Å². The number of carbonyl (C=O) groups is 2. The quantitative estimate of drug-likeness (QED) is 0.179. The lowest BCUT2D eigenvalue weighted by atomic mass is 10.0. The van der Waals surface area contributed by atoms with Gasteiger partial charge in [-0.05, 0) is 59.3 Å². The van der Waals surface area contributed by atoms with Gasteiger partial charge in [-0.1, -0.05) is 48.0 Å². The van der Waals surface area contributed by atoms with Crippen LogP contribution in [0, 0.1) is 0 Å². The Kier molecular flexibility index (Phi) is 6.66. The predicted octanol–water partition coefficient (Wildman–Crippen LogP) is 5.48. The molecular formula is C26H19ClN2O4. The number of esters is 1. The monoisotopic (exact) mass is 458 g/mol. The molecule has 0 aliphatic rings. The molecule has 0 fully saturated rings. The number of fused-ring (bicyclic) bond motifs is 1. The van der Waals surface area contributed by atoms with Gasteiger partial charge in [0.2, 0.25) is 0 Å². The molecule has 0 saturated carbocycles. The minimum Gasteiger partial charge on any atom is -0.497 e. The van der Waals surface area contributed by atoms with Crippen molar-refractivity contribution in [1.29, 1.82) is 0 Å².